The lowest BCUT2D eigenvalue weighted by molar-refractivity contribution is 0.0921. The van der Waals surface area contributed by atoms with E-state index in [1.807, 2.05) is 12.1 Å². The molecule has 0 spiro atoms. The molecule has 16 heavy (non-hydrogen) atoms. The summed E-state index contributed by atoms with van der Waals surface area (Å²) in [5.41, 5.74) is 0.700. The zero-order valence-corrected chi connectivity index (χ0v) is 9.83. The fourth-order valence-electron chi connectivity index (χ4n) is 1.83. The van der Waals surface area contributed by atoms with Crippen LogP contribution in [0.15, 0.2) is 24.3 Å². The number of rotatable bonds is 3. The smallest absolute Gasteiger partial charge is 0.176 e. The summed E-state index contributed by atoms with van der Waals surface area (Å²) >= 11 is 5.86. The van der Waals surface area contributed by atoms with E-state index in [0.717, 1.165) is 26.2 Å². The summed E-state index contributed by atoms with van der Waals surface area (Å²) < 4.78 is 0. The van der Waals surface area contributed by atoms with E-state index < -0.39 is 0 Å². The lowest BCUT2D eigenvalue weighted by Crippen LogP contribution is -2.45. The summed E-state index contributed by atoms with van der Waals surface area (Å²) in [7, 11) is 0. The lowest BCUT2D eigenvalue weighted by atomic mass is 10.1. The Morgan fingerprint density at radius 2 is 2.12 bits per heavy atom. The molecule has 1 saturated heterocycles. The minimum atomic E-state index is 0.143. The second-order valence-corrected chi connectivity index (χ2v) is 4.40. The normalized spacial score (nSPS) is 17.3. The van der Waals surface area contributed by atoms with Crippen molar-refractivity contribution in [3.05, 3.63) is 34.9 Å². The van der Waals surface area contributed by atoms with Gasteiger partial charge in [-0.1, -0.05) is 23.7 Å². The van der Waals surface area contributed by atoms with Gasteiger partial charge in [0.25, 0.3) is 0 Å². The molecule has 86 valence electrons. The highest BCUT2D eigenvalue weighted by atomic mass is 35.5. The Kier molecular flexibility index (Phi) is 3.93. The zero-order chi connectivity index (χ0) is 11.4. The summed E-state index contributed by atoms with van der Waals surface area (Å²) in [5.74, 6) is 0.143. The van der Waals surface area contributed by atoms with Crippen molar-refractivity contribution >= 4 is 17.4 Å². The van der Waals surface area contributed by atoms with E-state index in [0.29, 0.717) is 17.1 Å². The SMILES string of the molecule is O=C(CN1CCNCC1)c1cccc(Cl)c1. The van der Waals surface area contributed by atoms with Crippen LogP contribution in [0.3, 0.4) is 0 Å². The van der Waals surface area contributed by atoms with Crippen molar-refractivity contribution in [2.24, 2.45) is 0 Å². The average molecular weight is 239 g/mol. The molecule has 1 aromatic carbocycles. The van der Waals surface area contributed by atoms with Gasteiger partial charge in [-0.05, 0) is 12.1 Å². The van der Waals surface area contributed by atoms with Crippen molar-refractivity contribution in [1.29, 1.82) is 0 Å². The Balaban J connectivity index is 1.97. The van der Waals surface area contributed by atoms with Gasteiger partial charge in [-0.15, -0.1) is 0 Å². The van der Waals surface area contributed by atoms with Crippen LogP contribution >= 0.6 is 11.6 Å². The molecule has 0 aliphatic carbocycles. The van der Waals surface area contributed by atoms with Gasteiger partial charge in [-0.25, -0.2) is 0 Å². The largest absolute Gasteiger partial charge is 0.314 e. The van der Waals surface area contributed by atoms with Crippen LogP contribution in [-0.2, 0) is 0 Å². The first-order valence-corrected chi connectivity index (χ1v) is 5.85. The van der Waals surface area contributed by atoms with Crippen molar-refractivity contribution in [2.75, 3.05) is 32.7 Å². The first-order chi connectivity index (χ1) is 7.75. The molecule has 1 aliphatic rings. The minimum Gasteiger partial charge on any atom is -0.314 e. The molecule has 1 aromatic rings. The van der Waals surface area contributed by atoms with Gasteiger partial charge >= 0.3 is 0 Å². The molecule has 1 fully saturated rings. The molecule has 4 heteroatoms. The van der Waals surface area contributed by atoms with Crippen molar-refractivity contribution < 1.29 is 4.79 Å². The lowest BCUT2D eigenvalue weighted by Gasteiger charge is -2.26. The summed E-state index contributed by atoms with van der Waals surface area (Å²) in [4.78, 5) is 14.1. The van der Waals surface area contributed by atoms with Crippen LogP contribution in [0.4, 0.5) is 0 Å². The van der Waals surface area contributed by atoms with E-state index in [2.05, 4.69) is 10.2 Å². The number of Topliss-reactive ketones (excluding diaryl/α,β-unsaturated/α-hetero) is 1. The summed E-state index contributed by atoms with van der Waals surface area (Å²) in [6.45, 7) is 4.28. The predicted molar refractivity (Wildman–Crippen MR) is 65.1 cm³/mol. The van der Waals surface area contributed by atoms with Crippen LogP contribution < -0.4 is 5.32 Å². The maximum Gasteiger partial charge on any atom is 0.176 e. The Labute approximate surface area is 100 Å². The topological polar surface area (TPSA) is 32.3 Å². The van der Waals surface area contributed by atoms with Gasteiger partial charge in [-0.2, -0.15) is 0 Å². The number of benzene rings is 1. The van der Waals surface area contributed by atoms with E-state index in [9.17, 15) is 4.79 Å². The highest BCUT2D eigenvalue weighted by molar-refractivity contribution is 6.31. The molecule has 1 aliphatic heterocycles. The highest BCUT2D eigenvalue weighted by Crippen LogP contribution is 2.11. The average Bonchev–Trinajstić information content (AvgIpc) is 2.30. The molecule has 3 nitrogen and oxygen atoms in total. The van der Waals surface area contributed by atoms with E-state index in [1.54, 1.807) is 12.1 Å². The molecule has 0 radical (unpaired) electrons. The Hall–Kier alpha value is -0.900. The first-order valence-electron chi connectivity index (χ1n) is 5.47. The number of hydrogen-bond donors (Lipinski definition) is 1. The maximum atomic E-state index is 11.9. The summed E-state index contributed by atoms with van der Waals surface area (Å²) in [6.07, 6.45) is 0. The number of halogens is 1. The summed E-state index contributed by atoms with van der Waals surface area (Å²) in [6, 6.07) is 7.14. The third-order valence-electron chi connectivity index (χ3n) is 2.72. The molecule has 0 amide bonds. The molecule has 1 heterocycles. The third kappa shape index (κ3) is 3.04. The second kappa shape index (κ2) is 5.43. The number of carbonyl (C=O) groups is 1. The minimum absolute atomic E-state index is 0.143. The van der Waals surface area contributed by atoms with Gasteiger partial charge in [0.15, 0.2) is 5.78 Å². The van der Waals surface area contributed by atoms with Gasteiger partial charge < -0.3 is 5.32 Å². The summed E-state index contributed by atoms with van der Waals surface area (Å²) in [5, 5.41) is 3.88. The van der Waals surface area contributed by atoms with E-state index in [4.69, 9.17) is 11.6 Å². The van der Waals surface area contributed by atoms with Crippen LogP contribution in [0.2, 0.25) is 5.02 Å². The zero-order valence-electron chi connectivity index (χ0n) is 9.08. The van der Waals surface area contributed by atoms with E-state index in [-0.39, 0.29) is 5.78 Å². The monoisotopic (exact) mass is 238 g/mol. The quantitative estimate of drug-likeness (QED) is 0.809. The highest BCUT2D eigenvalue weighted by Gasteiger charge is 2.14. The number of hydrogen-bond acceptors (Lipinski definition) is 3. The molecular formula is C12H15ClN2O. The van der Waals surface area contributed by atoms with E-state index >= 15 is 0 Å². The molecular weight excluding hydrogens is 224 g/mol. The van der Waals surface area contributed by atoms with Crippen LogP contribution in [0.1, 0.15) is 10.4 Å². The van der Waals surface area contributed by atoms with Crippen LogP contribution in [0.5, 0.6) is 0 Å². The predicted octanol–water partition coefficient (Wildman–Crippen LogP) is 1.43. The van der Waals surface area contributed by atoms with E-state index in [1.165, 1.54) is 0 Å². The van der Waals surface area contributed by atoms with Gasteiger partial charge in [-0.3, -0.25) is 9.69 Å². The number of nitrogens with one attached hydrogen (secondary N) is 1. The van der Waals surface area contributed by atoms with Crippen LogP contribution in [0.25, 0.3) is 0 Å². The maximum absolute atomic E-state index is 11.9. The number of piperazine rings is 1. The van der Waals surface area contributed by atoms with Crippen molar-refractivity contribution in [2.45, 2.75) is 0 Å². The molecule has 1 N–H and O–H groups in total. The van der Waals surface area contributed by atoms with Crippen molar-refractivity contribution in [1.82, 2.24) is 10.2 Å². The van der Waals surface area contributed by atoms with Gasteiger partial charge in [0.2, 0.25) is 0 Å². The third-order valence-corrected chi connectivity index (χ3v) is 2.96. The molecule has 0 saturated carbocycles. The first kappa shape index (κ1) is 11.6. The van der Waals surface area contributed by atoms with Gasteiger partial charge in [0.1, 0.15) is 0 Å². The molecule has 0 unspecified atom stereocenters. The van der Waals surface area contributed by atoms with Gasteiger partial charge in [0, 0.05) is 36.8 Å². The Morgan fingerprint density at radius 3 is 2.81 bits per heavy atom. The Morgan fingerprint density at radius 1 is 1.38 bits per heavy atom. The number of carbonyl (C=O) groups excluding carboxylic acids is 1. The van der Waals surface area contributed by atoms with Crippen LogP contribution in [-0.4, -0.2) is 43.4 Å². The fraction of sp³-hybridized carbons (Fsp3) is 0.417. The van der Waals surface area contributed by atoms with Crippen LogP contribution in [0, 0.1) is 0 Å². The Bertz CT molecular complexity index is 375. The molecule has 0 bridgehead atoms. The molecule has 2 rings (SSSR count). The van der Waals surface area contributed by atoms with Crippen molar-refractivity contribution in [3.63, 3.8) is 0 Å². The number of nitrogens with zero attached hydrogens (tertiary/aromatic N) is 1. The van der Waals surface area contributed by atoms with Crippen molar-refractivity contribution in [3.8, 4) is 0 Å². The van der Waals surface area contributed by atoms with Gasteiger partial charge in [0.05, 0.1) is 6.54 Å². The molecule has 0 aromatic heterocycles. The molecule has 0 atom stereocenters. The fourth-order valence-corrected chi connectivity index (χ4v) is 2.02. The second-order valence-electron chi connectivity index (χ2n) is 3.96. The number of ketones is 1. The standard InChI is InChI=1S/C12H15ClN2O/c13-11-3-1-2-10(8-11)12(16)9-15-6-4-14-5-7-15/h1-3,8,14H,4-7,9H2.